The van der Waals surface area contributed by atoms with Gasteiger partial charge in [-0.3, -0.25) is 4.90 Å². The molecule has 266 valence electrons. The van der Waals surface area contributed by atoms with Crippen LogP contribution in [-0.2, 0) is 57.5 Å². The molecule has 1 aliphatic carbocycles. The van der Waals surface area contributed by atoms with Crippen molar-refractivity contribution in [1.82, 2.24) is 9.80 Å². The fourth-order valence-corrected chi connectivity index (χ4v) is 7.23. The van der Waals surface area contributed by atoms with Gasteiger partial charge in [0.1, 0.15) is 12.0 Å². The van der Waals surface area contributed by atoms with Crippen LogP contribution in [-0.4, -0.2) is 100 Å². The molecular formula is C36H61N5O5Zn2-2. The van der Waals surface area contributed by atoms with E-state index < -0.39 is 6.29 Å². The van der Waals surface area contributed by atoms with Gasteiger partial charge in [-0.15, -0.1) is 25.2 Å². The van der Waals surface area contributed by atoms with Crippen LogP contribution < -0.4 is 0 Å². The van der Waals surface area contributed by atoms with Crippen molar-refractivity contribution in [2.24, 2.45) is 5.92 Å². The Hall–Kier alpha value is -0.773. The molecule has 3 heterocycles. The molecule has 10 nitrogen and oxygen atoms in total. The van der Waals surface area contributed by atoms with Crippen molar-refractivity contribution in [3.05, 3.63) is 69.2 Å². The number of allylic oxidation sites excluding steroid dienone is 2. The molecule has 5 rings (SSSR count). The Morgan fingerprint density at radius 2 is 1.29 bits per heavy atom. The summed E-state index contributed by atoms with van der Waals surface area (Å²) in [5.41, 5.74) is 3.17. The topological polar surface area (TPSA) is 163 Å². The normalized spacial score (nSPS) is 25.3. The van der Waals surface area contributed by atoms with Crippen molar-refractivity contribution >= 4 is 0 Å². The van der Waals surface area contributed by atoms with Gasteiger partial charge in [0.15, 0.2) is 0 Å². The SMILES string of the molecule is CC(O)O.Cc1cc(CN(CC2CCCC[N-]2)CC2CCCC[N-]2)c(O)c(CN(CC2C=CC=C[N-]2)CC2CCCCC2O)c1.[OH3+].[Zn].[Zn]. The maximum absolute atomic E-state index is 11.7. The van der Waals surface area contributed by atoms with Crippen LogP contribution in [0.3, 0.4) is 0 Å². The number of phenols is 1. The molecule has 48 heavy (non-hydrogen) atoms. The van der Waals surface area contributed by atoms with Gasteiger partial charge in [-0.1, -0.05) is 93.3 Å². The first kappa shape index (κ1) is 45.2. The van der Waals surface area contributed by atoms with Crippen molar-refractivity contribution in [1.29, 1.82) is 0 Å². The summed E-state index contributed by atoms with van der Waals surface area (Å²) in [6.45, 7) is 10.3. The second-order valence-electron chi connectivity index (χ2n) is 13.6. The quantitative estimate of drug-likeness (QED) is 0.134. The second kappa shape index (κ2) is 24.4. The Bertz CT molecular complexity index is 1050. The summed E-state index contributed by atoms with van der Waals surface area (Å²) in [4.78, 5) is 4.93. The van der Waals surface area contributed by atoms with Crippen LogP contribution in [0.2, 0.25) is 0 Å². The Balaban J connectivity index is 0.00000156. The summed E-state index contributed by atoms with van der Waals surface area (Å²) in [5.74, 6) is 0.694. The van der Waals surface area contributed by atoms with Crippen molar-refractivity contribution < 1.29 is 64.9 Å². The van der Waals surface area contributed by atoms with E-state index in [4.69, 9.17) is 20.8 Å². The average molecular weight is 775 g/mol. The Morgan fingerprint density at radius 3 is 1.77 bits per heavy atom. The summed E-state index contributed by atoms with van der Waals surface area (Å²) in [6, 6.07) is 5.19. The van der Waals surface area contributed by atoms with Gasteiger partial charge in [-0.05, 0) is 52.2 Å². The Morgan fingerprint density at radius 1 is 0.771 bits per heavy atom. The number of hydrogen-bond donors (Lipinski definition) is 4. The molecule has 0 bridgehead atoms. The molecule has 1 aromatic rings. The number of aromatic hydroxyl groups is 1. The molecular weight excluding hydrogens is 713 g/mol. The number of benzene rings is 1. The summed E-state index contributed by atoms with van der Waals surface area (Å²) >= 11 is 0. The van der Waals surface area contributed by atoms with Gasteiger partial charge in [0.05, 0.1) is 6.10 Å². The van der Waals surface area contributed by atoms with Crippen LogP contribution >= 0.6 is 0 Å². The van der Waals surface area contributed by atoms with E-state index in [9.17, 15) is 10.2 Å². The number of hydrogen-bond acceptors (Lipinski definition) is 6. The van der Waals surface area contributed by atoms with Crippen LogP contribution in [0.1, 0.15) is 87.8 Å². The predicted molar refractivity (Wildman–Crippen MR) is 187 cm³/mol. The molecule has 0 aromatic heterocycles. The first-order chi connectivity index (χ1) is 21.8. The number of piperidine rings is 2. The van der Waals surface area contributed by atoms with Crippen molar-refractivity contribution in [2.45, 2.75) is 122 Å². The predicted octanol–water partition coefficient (Wildman–Crippen LogP) is 4.92. The third-order valence-corrected chi connectivity index (χ3v) is 9.42. The largest absolute Gasteiger partial charge is 0.684 e. The molecule has 3 fully saturated rings. The summed E-state index contributed by atoms with van der Waals surface area (Å²) in [6.07, 6.45) is 18.2. The van der Waals surface area contributed by atoms with Crippen molar-refractivity contribution in [3.8, 4) is 5.75 Å². The fourth-order valence-electron chi connectivity index (χ4n) is 7.23. The molecule has 5 unspecified atom stereocenters. The molecule has 7 N–H and O–H groups in total. The first-order valence-electron chi connectivity index (χ1n) is 17.4. The second-order valence-corrected chi connectivity index (χ2v) is 13.6. The minimum absolute atomic E-state index is 0. The molecule has 5 atom stereocenters. The maximum atomic E-state index is 11.7. The molecule has 0 radical (unpaired) electrons. The maximum Gasteiger partial charge on any atom is 0.148 e. The van der Waals surface area contributed by atoms with E-state index in [1.807, 2.05) is 12.3 Å². The fraction of sp³-hybridized carbons (Fsp3) is 0.722. The van der Waals surface area contributed by atoms with E-state index in [1.54, 1.807) is 0 Å². The van der Waals surface area contributed by atoms with Crippen LogP contribution in [0.25, 0.3) is 16.0 Å². The van der Waals surface area contributed by atoms with Crippen LogP contribution in [0.15, 0.2) is 36.6 Å². The third-order valence-electron chi connectivity index (χ3n) is 9.42. The first-order valence-corrected chi connectivity index (χ1v) is 17.4. The summed E-state index contributed by atoms with van der Waals surface area (Å²) in [5, 5.41) is 52.2. The molecule has 3 aliphatic heterocycles. The van der Waals surface area contributed by atoms with E-state index in [2.05, 4.69) is 46.3 Å². The summed E-state index contributed by atoms with van der Waals surface area (Å²) in [7, 11) is 0. The number of aliphatic hydroxyl groups is 3. The van der Waals surface area contributed by atoms with E-state index in [0.29, 0.717) is 24.4 Å². The molecule has 12 heteroatoms. The zero-order valence-corrected chi connectivity index (χ0v) is 35.6. The number of aliphatic hydroxyl groups excluding tert-OH is 2. The van der Waals surface area contributed by atoms with E-state index in [1.165, 1.54) is 57.4 Å². The van der Waals surface area contributed by atoms with Crippen LogP contribution in [0.5, 0.6) is 5.75 Å². The molecule has 0 amide bonds. The molecule has 0 spiro atoms. The number of phenolic OH excluding ortho intramolecular Hbond substituents is 1. The Kier molecular flexibility index (Phi) is 23.0. The number of rotatable bonds is 12. The number of aryl methyl sites for hydroxylation is 1. The van der Waals surface area contributed by atoms with Crippen molar-refractivity contribution in [3.63, 3.8) is 0 Å². The number of nitrogens with zero attached hydrogens (tertiary/aromatic N) is 5. The van der Waals surface area contributed by atoms with Gasteiger partial charge in [0.25, 0.3) is 0 Å². The molecule has 1 aromatic carbocycles. The van der Waals surface area contributed by atoms with E-state index in [-0.39, 0.29) is 62.5 Å². The standard InChI is InChI=1S/C34H52N5O2.C2H6O2.H2O.2Zn/c1-26-18-28(21-38(23-30-11-4-7-15-35-30)20-27-10-2-3-14-33(27)40)34(41)29(19-26)22-39(24-31-12-5-8-16-36-31)25-32-13-6-9-17-37-32;1-2(3)4;;;/h4,7,11,15,18-19,27,30-33,40-41H,2-3,5-6,8-10,12-14,16-17,20-25H2,1H3;2-4H,1H3;1H2;;/q-3;;;;/p+1. The summed E-state index contributed by atoms with van der Waals surface area (Å²) < 4.78 is 0. The monoisotopic (exact) mass is 771 g/mol. The van der Waals surface area contributed by atoms with Crippen LogP contribution in [0.4, 0.5) is 0 Å². The van der Waals surface area contributed by atoms with Gasteiger partial charge < -0.3 is 46.8 Å². The van der Waals surface area contributed by atoms with Gasteiger partial charge >= 0.3 is 0 Å². The molecule has 4 aliphatic rings. The van der Waals surface area contributed by atoms with E-state index >= 15 is 0 Å². The van der Waals surface area contributed by atoms with Gasteiger partial charge in [-0.25, -0.2) is 0 Å². The van der Waals surface area contributed by atoms with Crippen molar-refractivity contribution in [2.75, 3.05) is 39.3 Å². The average Bonchev–Trinajstić information content (AvgIpc) is 3.02. The smallest absolute Gasteiger partial charge is 0.148 e. The zero-order chi connectivity index (χ0) is 32.0. The van der Waals surface area contributed by atoms with Gasteiger partial charge in [0, 0.05) is 69.7 Å². The van der Waals surface area contributed by atoms with Gasteiger partial charge in [0.2, 0.25) is 0 Å². The molecule has 2 saturated heterocycles. The minimum Gasteiger partial charge on any atom is -0.684 e. The third kappa shape index (κ3) is 16.1. The minimum atomic E-state index is -1.17. The Labute approximate surface area is 315 Å². The van der Waals surface area contributed by atoms with Gasteiger partial charge in [-0.2, -0.15) is 6.20 Å². The van der Waals surface area contributed by atoms with E-state index in [0.717, 1.165) is 76.2 Å². The van der Waals surface area contributed by atoms with Crippen LogP contribution in [0, 0.1) is 12.8 Å². The zero-order valence-electron chi connectivity index (χ0n) is 29.7. The molecule has 1 saturated carbocycles.